The molecule has 7 rings (SSSR count). The van der Waals surface area contributed by atoms with Gasteiger partial charge in [0.05, 0.1) is 22.5 Å². The lowest BCUT2D eigenvalue weighted by atomic mass is 9.87. The van der Waals surface area contributed by atoms with Crippen molar-refractivity contribution in [3.05, 3.63) is 47.4 Å². The summed E-state index contributed by atoms with van der Waals surface area (Å²) in [5, 5.41) is 14.0. The lowest BCUT2D eigenvalue weighted by Crippen LogP contribution is -2.59. The smallest absolute Gasteiger partial charge is 0.407 e. The maximum absolute atomic E-state index is 15.0. The molecular weight excluding hydrogens is 730 g/mol. The van der Waals surface area contributed by atoms with E-state index in [1.54, 1.807) is 19.9 Å². The maximum atomic E-state index is 15.0. The number of hydrogen-bond donors (Lipinski definition) is 3. The number of nitrogens with zero attached hydrogens (tertiary/aromatic N) is 3. The third-order valence-electron chi connectivity index (χ3n) is 12.2. The highest BCUT2D eigenvalue weighted by Gasteiger charge is 2.64. The van der Waals surface area contributed by atoms with E-state index >= 15 is 0 Å². The van der Waals surface area contributed by atoms with Gasteiger partial charge in [0.2, 0.25) is 21.8 Å². The van der Waals surface area contributed by atoms with Gasteiger partial charge in [-0.3, -0.25) is 24.0 Å². The molecule has 2 aromatic rings. The lowest BCUT2D eigenvalue weighted by Gasteiger charge is -2.38. The number of carbonyl (C=O) groups excluding carboxylic acids is 3. The van der Waals surface area contributed by atoms with Crippen LogP contribution in [0, 0.1) is 24.1 Å². The Labute approximate surface area is 321 Å². The first-order chi connectivity index (χ1) is 25.8. The summed E-state index contributed by atoms with van der Waals surface area (Å²) in [7, 11) is -4.02. The van der Waals surface area contributed by atoms with Gasteiger partial charge in [0.25, 0.3) is 5.91 Å². The summed E-state index contributed by atoms with van der Waals surface area (Å²) in [6.07, 6.45) is 7.36. The number of amides is 4. The normalized spacial score (nSPS) is 29.8. The molecule has 13 nitrogen and oxygen atoms in total. The summed E-state index contributed by atoms with van der Waals surface area (Å²) >= 11 is 0. The number of aromatic nitrogens is 1. The molecule has 1 aromatic heterocycles. The number of sulfonamides is 1. The molecule has 15 heteroatoms. The van der Waals surface area contributed by atoms with Gasteiger partial charge in [-0.1, -0.05) is 45.8 Å². The molecule has 298 valence electrons. The standard InChI is InChI=1S/C40H52FN5O8S/c1-24-32-27(28-19-26(41)13-14-29(28)42-24)15-16-39(54-32)21-31-33(47)43-40(35(49)44-55(52,53)38(5)17-18-38)20-25(40)11-9-7-6-8-10-12-30(34(48)45(31)23-39)46(36(50)51)22-37(2,3)4/h9,11,13-14,19,25,30-31H,6-8,10,12,15-18,20-23H2,1-5H3,(H,43,47)(H,44,49)(H,50,51)/b11-9-/t25-,30+,31+,39-,40-/m1/s1. The predicted octanol–water partition coefficient (Wildman–Crippen LogP) is 5.14. The van der Waals surface area contributed by atoms with Crippen LogP contribution in [0.25, 0.3) is 10.9 Å². The third kappa shape index (κ3) is 7.40. The molecule has 2 aliphatic carbocycles. The fourth-order valence-electron chi connectivity index (χ4n) is 8.62. The molecule has 5 atom stereocenters. The highest BCUT2D eigenvalue weighted by Crippen LogP contribution is 2.49. The SMILES string of the molecule is Cc1nc2ccc(F)cc2c2c1O[C@]1(CC2)C[C@H]2C(=O)N[C@]3(C(=O)NS(=O)(=O)C4(C)CC4)C[C@H]3/C=C\CCCCC[C@H](N(CC(C)(C)C)C(=O)O)C(=O)N2C1. The van der Waals surface area contributed by atoms with E-state index < -0.39 is 79.0 Å². The van der Waals surface area contributed by atoms with Crippen LogP contribution in [0.3, 0.4) is 0 Å². The average molecular weight is 782 g/mol. The predicted molar refractivity (Wildman–Crippen MR) is 202 cm³/mol. The van der Waals surface area contributed by atoms with Crippen molar-refractivity contribution < 1.29 is 41.8 Å². The Balaban J connectivity index is 1.27. The van der Waals surface area contributed by atoms with E-state index in [-0.39, 0.29) is 32.4 Å². The summed E-state index contributed by atoms with van der Waals surface area (Å²) in [6.45, 7) is 9.09. The molecule has 3 fully saturated rings. The molecule has 1 saturated heterocycles. The summed E-state index contributed by atoms with van der Waals surface area (Å²) in [6, 6.07) is 2.12. The molecule has 0 unspecified atom stereocenters. The number of carbonyl (C=O) groups is 4. The van der Waals surface area contributed by atoms with Gasteiger partial charge in [-0.15, -0.1) is 0 Å². The fourth-order valence-corrected chi connectivity index (χ4v) is 9.93. The van der Waals surface area contributed by atoms with Gasteiger partial charge in [0, 0.05) is 29.8 Å². The van der Waals surface area contributed by atoms with Gasteiger partial charge in [0.15, 0.2) is 0 Å². The number of rotatable bonds is 5. The Morgan fingerprint density at radius 1 is 1.15 bits per heavy atom. The van der Waals surface area contributed by atoms with Crippen molar-refractivity contribution in [2.75, 3.05) is 13.1 Å². The van der Waals surface area contributed by atoms with Crippen molar-refractivity contribution in [1.82, 2.24) is 24.8 Å². The van der Waals surface area contributed by atoms with Gasteiger partial charge in [-0.05, 0) is 88.8 Å². The van der Waals surface area contributed by atoms with Crippen LogP contribution in [0.15, 0.2) is 30.4 Å². The third-order valence-corrected chi connectivity index (χ3v) is 14.3. The second-order valence-electron chi connectivity index (χ2n) is 17.8. The van der Waals surface area contributed by atoms with E-state index in [2.05, 4.69) is 15.0 Å². The first-order valence-electron chi connectivity index (χ1n) is 19.4. The fraction of sp³-hybridized carbons (Fsp3) is 0.625. The minimum absolute atomic E-state index is 0.0261. The molecule has 55 heavy (non-hydrogen) atoms. The second-order valence-corrected chi connectivity index (χ2v) is 20.0. The van der Waals surface area contributed by atoms with Crippen LogP contribution < -0.4 is 14.8 Å². The molecule has 3 N–H and O–H groups in total. The second kappa shape index (κ2) is 13.7. The number of halogens is 1. The number of carboxylic acid groups (broad SMARTS) is 1. The topological polar surface area (TPSA) is 175 Å². The molecule has 4 heterocycles. The number of aryl methyl sites for hydroxylation is 2. The van der Waals surface area contributed by atoms with E-state index in [4.69, 9.17) is 4.74 Å². The Kier molecular flexibility index (Phi) is 9.73. The molecule has 4 amide bonds. The number of allylic oxidation sites excluding steroid dienone is 1. The van der Waals surface area contributed by atoms with Crippen molar-refractivity contribution in [3.8, 4) is 5.75 Å². The van der Waals surface area contributed by atoms with Crippen molar-refractivity contribution in [1.29, 1.82) is 0 Å². The monoisotopic (exact) mass is 781 g/mol. The first kappa shape index (κ1) is 39.0. The number of hydrogen-bond acceptors (Lipinski definition) is 8. The molecule has 2 saturated carbocycles. The van der Waals surface area contributed by atoms with Crippen LogP contribution in [0.5, 0.6) is 5.75 Å². The highest BCUT2D eigenvalue weighted by molar-refractivity contribution is 7.91. The molecular formula is C40H52FN5O8S. The molecule has 1 aromatic carbocycles. The zero-order chi connectivity index (χ0) is 39.7. The van der Waals surface area contributed by atoms with Gasteiger partial charge in [0.1, 0.15) is 34.8 Å². The largest absolute Gasteiger partial charge is 0.483 e. The van der Waals surface area contributed by atoms with Gasteiger partial charge >= 0.3 is 6.09 Å². The van der Waals surface area contributed by atoms with E-state index in [1.807, 2.05) is 32.9 Å². The summed E-state index contributed by atoms with van der Waals surface area (Å²) < 4.78 is 48.8. The van der Waals surface area contributed by atoms with Crippen molar-refractivity contribution >= 4 is 44.7 Å². The van der Waals surface area contributed by atoms with Crippen LogP contribution in [0.2, 0.25) is 0 Å². The van der Waals surface area contributed by atoms with Crippen LogP contribution >= 0.6 is 0 Å². The average Bonchev–Trinajstić information content (AvgIpc) is 3.99. The van der Waals surface area contributed by atoms with E-state index in [0.717, 1.165) is 18.4 Å². The van der Waals surface area contributed by atoms with Gasteiger partial charge in [-0.25, -0.2) is 22.6 Å². The quantitative estimate of drug-likeness (QED) is 0.347. The zero-order valence-corrected chi connectivity index (χ0v) is 33.1. The Morgan fingerprint density at radius 2 is 1.89 bits per heavy atom. The maximum Gasteiger partial charge on any atom is 0.407 e. The van der Waals surface area contributed by atoms with Crippen LogP contribution in [-0.4, -0.2) is 93.2 Å². The molecule has 1 spiro atoms. The lowest BCUT2D eigenvalue weighted by molar-refractivity contribution is -0.143. The summed E-state index contributed by atoms with van der Waals surface area (Å²) in [5.74, 6) is -2.42. The highest BCUT2D eigenvalue weighted by atomic mass is 32.2. The minimum Gasteiger partial charge on any atom is -0.483 e. The van der Waals surface area contributed by atoms with Crippen molar-refractivity contribution in [3.63, 3.8) is 0 Å². The molecule has 0 radical (unpaired) electrons. The van der Waals surface area contributed by atoms with Gasteiger partial charge < -0.3 is 20.1 Å². The number of nitrogens with one attached hydrogen (secondary N) is 2. The summed E-state index contributed by atoms with van der Waals surface area (Å²) in [4.78, 5) is 63.7. The number of benzene rings is 1. The minimum atomic E-state index is -4.02. The van der Waals surface area contributed by atoms with Crippen molar-refractivity contribution in [2.24, 2.45) is 11.3 Å². The zero-order valence-electron chi connectivity index (χ0n) is 32.2. The first-order valence-corrected chi connectivity index (χ1v) is 20.9. The van der Waals surface area contributed by atoms with E-state index in [0.29, 0.717) is 60.9 Å². The number of ether oxygens (including phenoxy) is 1. The van der Waals surface area contributed by atoms with E-state index in [9.17, 15) is 37.1 Å². The Morgan fingerprint density at radius 3 is 2.58 bits per heavy atom. The molecule has 5 aliphatic rings. The number of pyridine rings is 1. The van der Waals surface area contributed by atoms with Crippen LogP contribution in [0.4, 0.5) is 9.18 Å². The van der Waals surface area contributed by atoms with Gasteiger partial charge in [-0.2, -0.15) is 0 Å². The van der Waals surface area contributed by atoms with E-state index in [1.165, 1.54) is 21.9 Å². The van der Waals surface area contributed by atoms with Crippen LogP contribution in [0.1, 0.15) is 103 Å². The molecule has 3 aliphatic heterocycles. The Bertz CT molecular complexity index is 2080. The van der Waals surface area contributed by atoms with Crippen molar-refractivity contribution in [2.45, 2.75) is 133 Å². The summed E-state index contributed by atoms with van der Waals surface area (Å²) in [5.41, 5.74) is -1.15. The molecule has 0 bridgehead atoms. The Hall–Kier alpha value is -4.27. The number of fused-ring (bicyclic) bond motifs is 5. The van der Waals surface area contributed by atoms with Crippen LogP contribution in [-0.2, 0) is 30.8 Å².